The lowest BCUT2D eigenvalue weighted by Crippen LogP contribution is -2.32. The van der Waals surface area contributed by atoms with Gasteiger partial charge in [-0.25, -0.2) is 0 Å². The van der Waals surface area contributed by atoms with Crippen molar-refractivity contribution in [2.24, 2.45) is 0 Å². The molecule has 2 aromatic carbocycles. The van der Waals surface area contributed by atoms with E-state index < -0.39 is 0 Å². The normalized spacial score (nSPS) is 13.4. The number of fused-ring (bicyclic) bond motifs is 1. The number of nitrogens with zero attached hydrogens (tertiary/aromatic N) is 1. The third-order valence-electron chi connectivity index (χ3n) is 6.28. The van der Waals surface area contributed by atoms with Gasteiger partial charge in [0.25, 0.3) is 0 Å². The van der Waals surface area contributed by atoms with Crippen molar-refractivity contribution in [2.75, 3.05) is 11.6 Å². The van der Waals surface area contributed by atoms with E-state index in [-0.39, 0.29) is 0 Å². The SMILES string of the molecule is CCCCCCC/C=C/CCCCCCc1cccc2c1CN(c1ccccc1)CO2. The van der Waals surface area contributed by atoms with Gasteiger partial charge in [-0.3, -0.25) is 0 Å². The van der Waals surface area contributed by atoms with Crippen LogP contribution in [-0.4, -0.2) is 6.73 Å². The van der Waals surface area contributed by atoms with E-state index in [0.717, 1.165) is 18.7 Å². The molecule has 2 heteroatoms. The zero-order valence-electron chi connectivity index (χ0n) is 19.5. The number of unbranched alkanes of at least 4 members (excludes halogenated alkanes) is 9. The molecule has 2 aromatic rings. The van der Waals surface area contributed by atoms with Crippen molar-refractivity contribution in [3.8, 4) is 5.75 Å². The Hall–Kier alpha value is -2.22. The van der Waals surface area contributed by atoms with Gasteiger partial charge in [0.2, 0.25) is 0 Å². The first kappa shape index (κ1) is 23.4. The molecule has 0 N–H and O–H groups in total. The van der Waals surface area contributed by atoms with Crippen LogP contribution in [0.25, 0.3) is 0 Å². The van der Waals surface area contributed by atoms with E-state index in [1.807, 2.05) is 0 Å². The molecule has 3 rings (SSSR count). The summed E-state index contributed by atoms with van der Waals surface area (Å²) in [7, 11) is 0. The Morgan fingerprint density at radius 2 is 1.48 bits per heavy atom. The van der Waals surface area contributed by atoms with E-state index in [1.165, 1.54) is 87.4 Å². The topological polar surface area (TPSA) is 12.5 Å². The molecule has 0 aromatic heterocycles. The molecule has 0 radical (unpaired) electrons. The maximum Gasteiger partial charge on any atom is 0.161 e. The van der Waals surface area contributed by atoms with Gasteiger partial charge in [0.15, 0.2) is 6.73 Å². The molecule has 1 aliphatic heterocycles. The summed E-state index contributed by atoms with van der Waals surface area (Å²) in [6.07, 6.45) is 20.6. The Morgan fingerprint density at radius 3 is 2.23 bits per heavy atom. The number of allylic oxidation sites excluding steroid dienone is 2. The van der Waals surface area contributed by atoms with E-state index in [4.69, 9.17) is 4.74 Å². The van der Waals surface area contributed by atoms with Gasteiger partial charge in [-0.15, -0.1) is 0 Å². The Kier molecular flexibility index (Phi) is 10.6. The fraction of sp³-hybridized carbons (Fsp3) is 0.517. The van der Waals surface area contributed by atoms with E-state index in [2.05, 4.69) is 72.5 Å². The van der Waals surface area contributed by atoms with Gasteiger partial charge in [0.05, 0.1) is 6.54 Å². The van der Waals surface area contributed by atoms with Crippen LogP contribution >= 0.6 is 0 Å². The van der Waals surface area contributed by atoms with Crippen molar-refractivity contribution >= 4 is 5.69 Å². The highest BCUT2D eigenvalue weighted by Crippen LogP contribution is 2.31. The molecule has 0 unspecified atom stereocenters. The first-order valence-corrected chi connectivity index (χ1v) is 12.6. The van der Waals surface area contributed by atoms with E-state index in [9.17, 15) is 0 Å². The number of anilines is 1. The number of para-hydroxylation sites is 1. The highest BCUT2D eigenvalue weighted by molar-refractivity contribution is 5.51. The fourth-order valence-electron chi connectivity index (χ4n) is 4.38. The molecular weight excluding hydrogens is 378 g/mol. The van der Waals surface area contributed by atoms with Crippen molar-refractivity contribution in [2.45, 2.75) is 90.5 Å². The summed E-state index contributed by atoms with van der Waals surface area (Å²) in [4.78, 5) is 2.32. The molecule has 2 nitrogen and oxygen atoms in total. The van der Waals surface area contributed by atoms with Crippen LogP contribution in [0, 0.1) is 0 Å². The first-order chi connectivity index (χ1) is 15.4. The summed E-state index contributed by atoms with van der Waals surface area (Å²) in [5.74, 6) is 1.07. The van der Waals surface area contributed by atoms with Crippen molar-refractivity contribution in [3.05, 3.63) is 71.8 Å². The molecule has 0 aliphatic carbocycles. The number of hydrogen-bond acceptors (Lipinski definition) is 2. The van der Waals surface area contributed by atoms with Crippen LogP contribution in [0.4, 0.5) is 5.69 Å². The predicted molar refractivity (Wildman–Crippen MR) is 134 cm³/mol. The van der Waals surface area contributed by atoms with Crippen LogP contribution in [0.1, 0.15) is 88.7 Å². The minimum Gasteiger partial charge on any atom is -0.473 e. The second-order valence-corrected chi connectivity index (χ2v) is 8.83. The molecule has 0 saturated heterocycles. The minimum atomic E-state index is 0.632. The molecular formula is C29H41NO. The molecule has 0 bridgehead atoms. The summed E-state index contributed by atoms with van der Waals surface area (Å²) in [6.45, 7) is 3.85. The predicted octanol–water partition coefficient (Wildman–Crippen LogP) is 8.45. The largest absolute Gasteiger partial charge is 0.473 e. The van der Waals surface area contributed by atoms with Gasteiger partial charge in [0, 0.05) is 11.3 Å². The van der Waals surface area contributed by atoms with Crippen LogP contribution < -0.4 is 9.64 Å². The monoisotopic (exact) mass is 419 g/mol. The summed E-state index contributed by atoms with van der Waals surface area (Å²) < 4.78 is 6.07. The standard InChI is InChI=1S/C29H41NO/c1-2-3-4-5-6-7-8-9-10-11-12-13-15-19-26-20-18-23-29-28(26)24-30(25-31-29)27-21-16-14-17-22-27/h8-9,14,16-18,20-23H,2-7,10-13,15,19,24-25H2,1H3/b9-8+. The van der Waals surface area contributed by atoms with E-state index in [1.54, 1.807) is 0 Å². The zero-order valence-corrected chi connectivity index (χ0v) is 19.5. The van der Waals surface area contributed by atoms with Crippen LogP contribution in [0.2, 0.25) is 0 Å². The van der Waals surface area contributed by atoms with Crippen molar-refractivity contribution in [3.63, 3.8) is 0 Å². The van der Waals surface area contributed by atoms with Gasteiger partial charge in [0.1, 0.15) is 5.75 Å². The number of hydrogen-bond donors (Lipinski definition) is 0. The minimum absolute atomic E-state index is 0.632. The number of ether oxygens (including phenoxy) is 1. The number of aryl methyl sites for hydroxylation is 1. The lowest BCUT2D eigenvalue weighted by Gasteiger charge is -2.32. The lowest BCUT2D eigenvalue weighted by molar-refractivity contribution is 0.288. The molecule has 31 heavy (non-hydrogen) atoms. The van der Waals surface area contributed by atoms with Gasteiger partial charge in [-0.1, -0.05) is 87.9 Å². The zero-order chi connectivity index (χ0) is 21.6. The van der Waals surface area contributed by atoms with Gasteiger partial charge in [-0.2, -0.15) is 0 Å². The van der Waals surface area contributed by atoms with Crippen molar-refractivity contribution in [1.29, 1.82) is 0 Å². The molecule has 1 heterocycles. The molecule has 0 fully saturated rings. The van der Waals surface area contributed by atoms with Crippen LogP contribution in [-0.2, 0) is 13.0 Å². The maximum atomic E-state index is 6.07. The summed E-state index contributed by atoms with van der Waals surface area (Å²) >= 11 is 0. The van der Waals surface area contributed by atoms with Gasteiger partial charge in [-0.05, 0) is 62.3 Å². The summed E-state index contributed by atoms with van der Waals surface area (Å²) in [6, 6.07) is 17.2. The second-order valence-electron chi connectivity index (χ2n) is 8.83. The maximum absolute atomic E-state index is 6.07. The van der Waals surface area contributed by atoms with E-state index in [0.29, 0.717) is 6.73 Å². The lowest BCUT2D eigenvalue weighted by atomic mass is 9.98. The highest BCUT2D eigenvalue weighted by atomic mass is 16.5. The Labute approximate surface area is 190 Å². The molecule has 0 atom stereocenters. The average molecular weight is 420 g/mol. The molecule has 0 saturated carbocycles. The third kappa shape index (κ3) is 8.09. The van der Waals surface area contributed by atoms with Crippen LogP contribution in [0.5, 0.6) is 5.75 Å². The fourth-order valence-corrected chi connectivity index (χ4v) is 4.38. The Bertz CT molecular complexity index is 768. The average Bonchev–Trinajstić information content (AvgIpc) is 2.82. The third-order valence-corrected chi connectivity index (χ3v) is 6.28. The number of benzene rings is 2. The molecule has 0 spiro atoms. The van der Waals surface area contributed by atoms with E-state index >= 15 is 0 Å². The van der Waals surface area contributed by atoms with Crippen molar-refractivity contribution < 1.29 is 4.74 Å². The van der Waals surface area contributed by atoms with Crippen LogP contribution in [0.3, 0.4) is 0 Å². The van der Waals surface area contributed by atoms with Crippen molar-refractivity contribution in [1.82, 2.24) is 0 Å². The summed E-state index contributed by atoms with van der Waals surface area (Å²) in [5.41, 5.74) is 4.07. The molecule has 168 valence electrons. The molecule has 0 amide bonds. The molecule has 1 aliphatic rings. The number of rotatable bonds is 14. The first-order valence-electron chi connectivity index (χ1n) is 12.6. The van der Waals surface area contributed by atoms with Gasteiger partial charge < -0.3 is 9.64 Å². The smallest absolute Gasteiger partial charge is 0.161 e. The second kappa shape index (κ2) is 14.0. The van der Waals surface area contributed by atoms with Gasteiger partial charge >= 0.3 is 0 Å². The van der Waals surface area contributed by atoms with Crippen LogP contribution in [0.15, 0.2) is 60.7 Å². The Morgan fingerprint density at radius 1 is 0.774 bits per heavy atom. The highest BCUT2D eigenvalue weighted by Gasteiger charge is 2.19. The summed E-state index contributed by atoms with van der Waals surface area (Å²) in [5, 5.41) is 0. The Balaban J connectivity index is 1.33. The quantitative estimate of drug-likeness (QED) is 0.225.